The molecule has 2 atom stereocenters. The Morgan fingerprint density at radius 2 is 1.62 bits per heavy atom. The summed E-state index contributed by atoms with van der Waals surface area (Å²) in [4.78, 5) is 2.41. The maximum absolute atomic E-state index is 6.37. The second-order valence-electron chi connectivity index (χ2n) is 8.49. The molecule has 32 heavy (non-hydrogen) atoms. The number of hydrogen-bond acceptors (Lipinski definition) is 3. The summed E-state index contributed by atoms with van der Waals surface area (Å²) in [5.41, 5.74) is 4.97. The second kappa shape index (κ2) is 9.05. The zero-order valence-electron chi connectivity index (χ0n) is 18.5. The highest BCUT2D eigenvalue weighted by atomic mass is 16.5. The lowest BCUT2D eigenvalue weighted by Gasteiger charge is -2.31. The Labute approximate surface area is 190 Å². The molecule has 0 unspecified atom stereocenters. The fourth-order valence-electron chi connectivity index (χ4n) is 5.05. The average Bonchev–Trinajstić information content (AvgIpc) is 3.37. The van der Waals surface area contributed by atoms with Crippen molar-refractivity contribution >= 4 is 17.8 Å². The summed E-state index contributed by atoms with van der Waals surface area (Å²) in [6.45, 7) is 1.59. The quantitative estimate of drug-likeness (QED) is 0.444. The van der Waals surface area contributed by atoms with Crippen molar-refractivity contribution in [2.45, 2.75) is 24.5 Å². The van der Waals surface area contributed by atoms with E-state index in [9.17, 15) is 0 Å². The highest BCUT2D eigenvalue weighted by Gasteiger charge is 2.54. The van der Waals surface area contributed by atoms with Gasteiger partial charge in [-0.05, 0) is 47.7 Å². The Morgan fingerprint density at radius 1 is 0.938 bits per heavy atom. The Balaban J connectivity index is 1.45. The number of fused-ring (bicyclic) bond motifs is 3. The van der Waals surface area contributed by atoms with Gasteiger partial charge in [0, 0.05) is 17.6 Å². The first-order valence-corrected chi connectivity index (χ1v) is 11.3. The van der Waals surface area contributed by atoms with Gasteiger partial charge in [-0.2, -0.15) is 0 Å². The fraction of sp³-hybridized carbons (Fsp3) is 0.241. The molecular formula is C29H29NO2. The van der Waals surface area contributed by atoms with Crippen molar-refractivity contribution in [2.75, 3.05) is 25.2 Å². The van der Waals surface area contributed by atoms with E-state index in [4.69, 9.17) is 9.47 Å². The zero-order chi connectivity index (χ0) is 21.8. The van der Waals surface area contributed by atoms with Gasteiger partial charge in [0.15, 0.2) is 0 Å². The third kappa shape index (κ3) is 3.85. The molecule has 2 aliphatic rings. The van der Waals surface area contributed by atoms with Crippen LogP contribution in [0.15, 0.2) is 91.0 Å². The SMILES string of the molecule is COc1ccc2c(c1)[C@]1(C/C=C/c3ccccc3)CCO[C@@H]1N2C/C=C/c1ccccc1. The fourth-order valence-corrected chi connectivity index (χ4v) is 5.05. The first-order chi connectivity index (χ1) is 15.8. The molecule has 0 aromatic heterocycles. The second-order valence-corrected chi connectivity index (χ2v) is 8.49. The number of nitrogens with zero attached hydrogens (tertiary/aromatic N) is 1. The smallest absolute Gasteiger partial charge is 0.140 e. The molecule has 0 saturated carbocycles. The zero-order valence-corrected chi connectivity index (χ0v) is 18.5. The van der Waals surface area contributed by atoms with E-state index in [1.165, 1.54) is 22.4 Å². The summed E-state index contributed by atoms with van der Waals surface area (Å²) < 4.78 is 12.0. The van der Waals surface area contributed by atoms with Crippen LogP contribution in [-0.2, 0) is 10.2 Å². The summed E-state index contributed by atoms with van der Waals surface area (Å²) in [7, 11) is 1.74. The predicted octanol–water partition coefficient (Wildman–Crippen LogP) is 6.32. The minimum atomic E-state index is -0.0598. The van der Waals surface area contributed by atoms with Crippen molar-refractivity contribution in [3.63, 3.8) is 0 Å². The lowest BCUT2D eigenvalue weighted by molar-refractivity contribution is 0.0860. The number of rotatable bonds is 7. The number of methoxy groups -OCH3 is 1. The van der Waals surface area contributed by atoms with Gasteiger partial charge in [-0.25, -0.2) is 0 Å². The Kier molecular flexibility index (Phi) is 5.83. The molecule has 2 heterocycles. The largest absolute Gasteiger partial charge is 0.497 e. The van der Waals surface area contributed by atoms with Crippen molar-refractivity contribution < 1.29 is 9.47 Å². The van der Waals surface area contributed by atoms with Gasteiger partial charge in [0.2, 0.25) is 0 Å². The third-order valence-corrected chi connectivity index (χ3v) is 6.63. The van der Waals surface area contributed by atoms with Crippen LogP contribution in [0.3, 0.4) is 0 Å². The molecule has 0 radical (unpaired) electrons. The summed E-state index contributed by atoms with van der Waals surface area (Å²) in [6, 6.07) is 27.4. The van der Waals surface area contributed by atoms with Crippen LogP contribution in [0.4, 0.5) is 5.69 Å². The molecule has 3 nitrogen and oxygen atoms in total. The van der Waals surface area contributed by atoms with Crippen molar-refractivity contribution in [3.05, 3.63) is 108 Å². The predicted molar refractivity (Wildman–Crippen MR) is 132 cm³/mol. The molecular weight excluding hydrogens is 394 g/mol. The molecule has 3 heteroatoms. The van der Waals surface area contributed by atoms with Crippen LogP contribution in [0.25, 0.3) is 12.2 Å². The molecule has 0 aliphatic carbocycles. The van der Waals surface area contributed by atoms with Crippen LogP contribution in [0.1, 0.15) is 29.5 Å². The molecule has 0 bridgehead atoms. The van der Waals surface area contributed by atoms with E-state index in [0.717, 1.165) is 31.7 Å². The Morgan fingerprint density at radius 3 is 2.31 bits per heavy atom. The maximum Gasteiger partial charge on any atom is 0.140 e. The van der Waals surface area contributed by atoms with Crippen LogP contribution in [0.5, 0.6) is 5.75 Å². The molecule has 5 rings (SSSR count). The van der Waals surface area contributed by atoms with Crippen molar-refractivity contribution in [1.29, 1.82) is 0 Å². The van der Waals surface area contributed by atoms with Gasteiger partial charge in [0.05, 0.1) is 13.7 Å². The molecule has 3 aromatic carbocycles. The van der Waals surface area contributed by atoms with Gasteiger partial charge in [0.1, 0.15) is 12.0 Å². The van der Waals surface area contributed by atoms with Crippen LogP contribution in [0, 0.1) is 0 Å². The molecule has 1 saturated heterocycles. The first-order valence-electron chi connectivity index (χ1n) is 11.3. The van der Waals surface area contributed by atoms with E-state index in [-0.39, 0.29) is 11.6 Å². The number of allylic oxidation sites excluding steroid dienone is 1. The molecule has 3 aromatic rings. The summed E-state index contributed by atoms with van der Waals surface area (Å²) in [5.74, 6) is 0.905. The standard InChI is InChI=1S/C29H29NO2/c1-31-25-16-17-27-26(22-25)29(18-8-14-23-10-4-2-5-11-23)19-21-32-28(29)30(27)20-9-15-24-12-6-3-7-13-24/h2-17,22,28H,18-21H2,1H3/b14-8+,15-9+/t28-,29-/m0/s1. The molecule has 2 aliphatic heterocycles. The number of ether oxygens (including phenoxy) is 2. The number of benzene rings is 3. The van der Waals surface area contributed by atoms with Crippen LogP contribution >= 0.6 is 0 Å². The summed E-state index contributed by atoms with van der Waals surface area (Å²) in [6.07, 6.45) is 10.9. The van der Waals surface area contributed by atoms with Crippen LogP contribution in [0.2, 0.25) is 0 Å². The van der Waals surface area contributed by atoms with Gasteiger partial charge < -0.3 is 14.4 Å². The third-order valence-electron chi connectivity index (χ3n) is 6.63. The monoisotopic (exact) mass is 423 g/mol. The van der Waals surface area contributed by atoms with Crippen molar-refractivity contribution in [3.8, 4) is 5.75 Å². The highest BCUT2D eigenvalue weighted by Crippen LogP contribution is 2.54. The average molecular weight is 424 g/mol. The van der Waals surface area contributed by atoms with Crippen LogP contribution < -0.4 is 9.64 Å². The van der Waals surface area contributed by atoms with E-state index >= 15 is 0 Å². The lowest BCUT2D eigenvalue weighted by Crippen LogP contribution is -2.41. The van der Waals surface area contributed by atoms with Crippen molar-refractivity contribution in [1.82, 2.24) is 0 Å². The van der Waals surface area contributed by atoms with Gasteiger partial charge in [0.25, 0.3) is 0 Å². The molecule has 162 valence electrons. The first kappa shape index (κ1) is 20.6. The van der Waals surface area contributed by atoms with Gasteiger partial charge in [-0.3, -0.25) is 0 Å². The van der Waals surface area contributed by atoms with Crippen LogP contribution in [-0.4, -0.2) is 26.5 Å². The Bertz CT molecular complexity index is 1110. The van der Waals surface area contributed by atoms with Gasteiger partial charge in [-0.15, -0.1) is 0 Å². The highest BCUT2D eigenvalue weighted by molar-refractivity contribution is 5.67. The van der Waals surface area contributed by atoms with Crippen molar-refractivity contribution in [2.24, 2.45) is 0 Å². The Hall–Kier alpha value is -3.30. The summed E-state index contributed by atoms with van der Waals surface area (Å²) in [5, 5.41) is 0. The lowest BCUT2D eigenvalue weighted by atomic mass is 9.76. The van der Waals surface area contributed by atoms with Gasteiger partial charge in [-0.1, -0.05) is 85.0 Å². The summed E-state index contributed by atoms with van der Waals surface area (Å²) >= 11 is 0. The minimum absolute atomic E-state index is 0.0328. The topological polar surface area (TPSA) is 21.7 Å². The number of hydrogen-bond donors (Lipinski definition) is 0. The normalized spacial score (nSPS) is 21.9. The van der Waals surface area contributed by atoms with Gasteiger partial charge >= 0.3 is 0 Å². The molecule has 0 N–H and O–H groups in total. The number of anilines is 1. The molecule has 0 amide bonds. The molecule has 1 fully saturated rings. The van der Waals surface area contributed by atoms with E-state index in [0.29, 0.717) is 0 Å². The maximum atomic E-state index is 6.37. The van der Waals surface area contributed by atoms with E-state index < -0.39 is 0 Å². The van der Waals surface area contributed by atoms with E-state index in [2.05, 4.69) is 102 Å². The van der Waals surface area contributed by atoms with E-state index in [1.54, 1.807) is 7.11 Å². The minimum Gasteiger partial charge on any atom is -0.497 e. The molecule has 0 spiro atoms. The van der Waals surface area contributed by atoms with E-state index in [1.807, 2.05) is 6.07 Å².